The van der Waals surface area contributed by atoms with Crippen LogP contribution in [0, 0.1) is 10.1 Å². The van der Waals surface area contributed by atoms with Crippen LogP contribution in [-0.2, 0) is 16.9 Å². The summed E-state index contributed by atoms with van der Waals surface area (Å²) in [6.07, 6.45) is 0. The van der Waals surface area contributed by atoms with Crippen molar-refractivity contribution >= 4 is 23.2 Å². The number of para-hydroxylation sites is 1. The number of anilines is 1. The number of ether oxygens (including phenoxy) is 2. The molecule has 9 heteroatoms. The molecule has 35 heavy (non-hydrogen) atoms. The highest BCUT2D eigenvalue weighted by Crippen LogP contribution is 2.50. The molecule has 1 amide bonds. The molecule has 1 spiro atoms. The van der Waals surface area contributed by atoms with Crippen molar-refractivity contribution < 1.29 is 19.2 Å². The highest BCUT2D eigenvalue weighted by molar-refractivity contribution is 6.30. The molecular formula is C26H24ClN3O5. The maximum absolute atomic E-state index is 13.2. The number of nitro groups is 1. The van der Waals surface area contributed by atoms with Crippen molar-refractivity contribution in [2.24, 2.45) is 0 Å². The van der Waals surface area contributed by atoms with Crippen LogP contribution >= 0.6 is 11.6 Å². The monoisotopic (exact) mass is 493 g/mol. The van der Waals surface area contributed by atoms with E-state index in [0.717, 1.165) is 5.56 Å². The number of carbonyl (C=O) groups excluding carboxylic acids is 1. The molecule has 0 aliphatic carbocycles. The Morgan fingerprint density at radius 1 is 1.09 bits per heavy atom. The topological polar surface area (TPSA) is 103 Å². The van der Waals surface area contributed by atoms with Gasteiger partial charge in [-0.05, 0) is 48.4 Å². The first-order valence-corrected chi connectivity index (χ1v) is 11.6. The molecule has 180 valence electrons. The van der Waals surface area contributed by atoms with Gasteiger partial charge in [0.1, 0.15) is 6.61 Å². The number of carbonyl (C=O) groups is 1. The van der Waals surface area contributed by atoms with Crippen LogP contribution in [0.1, 0.15) is 29.5 Å². The van der Waals surface area contributed by atoms with Crippen LogP contribution in [0.4, 0.5) is 5.69 Å². The zero-order valence-electron chi connectivity index (χ0n) is 19.2. The molecule has 3 aromatic rings. The van der Waals surface area contributed by atoms with Crippen molar-refractivity contribution in [2.75, 3.05) is 12.4 Å². The van der Waals surface area contributed by atoms with Gasteiger partial charge in [-0.15, -0.1) is 0 Å². The number of fused-ring (bicyclic) bond motifs is 2. The summed E-state index contributed by atoms with van der Waals surface area (Å²) in [6.45, 7) is 2.17. The molecular weight excluding hydrogens is 470 g/mol. The summed E-state index contributed by atoms with van der Waals surface area (Å²) in [7, 11) is 1.53. The molecule has 0 saturated carbocycles. The van der Waals surface area contributed by atoms with Gasteiger partial charge in [-0.1, -0.05) is 48.0 Å². The molecule has 4 atom stereocenters. The van der Waals surface area contributed by atoms with Crippen molar-refractivity contribution in [3.8, 4) is 11.5 Å². The van der Waals surface area contributed by atoms with E-state index in [1.54, 1.807) is 54.6 Å². The maximum atomic E-state index is 13.2. The Balaban J connectivity index is 1.48. The second-order valence-electron chi connectivity index (χ2n) is 8.82. The summed E-state index contributed by atoms with van der Waals surface area (Å²) in [6, 6.07) is 18.2. The Morgan fingerprint density at radius 3 is 2.54 bits per heavy atom. The van der Waals surface area contributed by atoms with E-state index in [1.807, 2.05) is 19.1 Å². The van der Waals surface area contributed by atoms with E-state index in [4.69, 9.17) is 21.1 Å². The predicted molar refractivity (Wildman–Crippen MR) is 132 cm³/mol. The number of amides is 1. The second-order valence-corrected chi connectivity index (χ2v) is 9.26. The maximum Gasteiger partial charge on any atom is 0.256 e. The van der Waals surface area contributed by atoms with E-state index in [1.165, 1.54) is 7.11 Å². The quantitative estimate of drug-likeness (QED) is 0.387. The van der Waals surface area contributed by atoms with Gasteiger partial charge in [0, 0.05) is 27.2 Å². The third-order valence-corrected chi connectivity index (χ3v) is 7.10. The lowest BCUT2D eigenvalue weighted by Crippen LogP contribution is -2.54. The largest absolute Gasteiger partial charge is 0.493 e. The lowest BCUT2D eigenvalue weighted by atomic mass is 9.78. The molecule has 5 rings (SSSR count). The van der Waals surface area contributed by atoms with Crippen LogP contribution in [-0.4, -0.2) is 30.0 Å². The van der Waals surface area contributed by atoms with E-state index < -0.39 is 23.4 Å². The van der Waals surface area contributed by atoms with E-state index in [2.05, 4.69) is 10.6 Å². The van der Waals surface area contributed by atoms with Gasteiger partial charge >= 0.3 is 0 Å². The average Bonchev–Trinajstić information content (AvgIpc) is 3.32. The minimum absolute atomic E-state index is 0.311. The third-order valence-electron chi connectivity index (χ3n) is 6.84. The zero-order chi connectivity index (χ0) is 24.7. The van der Waals surface area contributed by atoms with E-state index in [-0.39, 0.29) is 11.0 Å². The van der Waals surface area contributed by atoms with Gasteiger partial charge in [-0.2, -0.15) is 0 Å². The van der Waals surface area contributed by atoms with Crippen molar-refractivity contribution in [2.45, 2.75) is 37.1 Å². The molecule has 2 aliphatic rings. The molecule has 0 aromatic heterocycles. The molecule has 0 bridgehead atoms. The van der Waals surface area contributed by atoms with Crippen LogP contribution in [0.2, 0.25) is 5.02 Å². The summed E-state index contributed by atoms with van der Waals surface area (Å²) in [5.74, 6) is -0.0186. The predicted octanol–water partition coefficient (Wildman–Crippen LogP) is 4.50. The van der Waals surface area contributed by atoms with Gasteiger partial charge in [0.25, 0.3) is 11.9 Å². The van der Waals surface area contributed by atoms with Crippen molar-refractivity contribution in [1.29, 1.82) is 0 Å². The molecule has 3 aromatic carbocycles. The molecule has 0 unspecified atom stereocenters. The first-order chi connectivity index (χ1) is 16.8. The lowest BCUT2D eigenvalue weighted by Gasteiger charge is -2.25. The summed E-state index contributed by atoms with van der Waals surface area (Å²) < 4.78 is 11.5. The number of halogens is 1. The Labute approximate surface area is 207 Å². The number of benzene rings is 3. The van der Waals surface area contributed by atoms with E-state index >= 15 is 0 Å². The van der Waals surface area contributed by atoms with Crippen LogP contribution in [0.5, 0.6) is 11.5 Å². The minimum Gasteiger partial charge on any atom is -0.493 e. The fourth-order valence-electron chi connectivity index (χ4n) is 5.31. The smallest absolute Gasteiger partial charge is 0.256 e. The van der Waals surface area contributed by atoms with E-state index in [0.29, 0.717) is 39.9 Å². The first-order valence-electron chi connectivity index (χ1n) is 11.2. The third kappa shape index (κ3) is 3.79. The Bertz CT molecular complexity index is 1300. The van der Waals surface area contributed by atoms with Crippen LogP contribution < -0.4 is 20.1 Å². The number of hydrogen-bond donors (Lipinski definition) is 2. The van der Waals surface area contributed by atoms with E-state index in [9.17, 15) is 14.9 Å². The van der Waals surface area contributed by atoms with Gasteiger partial charge < -0.3 is 14.8 Å². The Morgan fingerprint density at radius 2 is 1.83 bits per heavy atom. The van der Waals surface area contributed by atoms with Gasteiger partial charge in [-0.25, -0.2) is 0 Å². The lowest BCUT2D eigenvalue weighted by molar-refractivity contribution is -0.532. The molecule has 2 aliphatic heterocycles. The molecule has 8 nitrogen and oxygen atoms in total. The minimum atomic E-state index is -1.46. The standard InChI is InChI=1S/C26H24ClN3O5/c1-15-23(24(30(32)33)26(29-15)19-5-3-4-6-20(19)28-25(26)31)17-9-12-21(22(13-17)34-2)35-14-16-7-10-18(27)11-8-16/h3-13,15,23-24,29H,14H2,1-2H3,(H,28,31)/t15-,23-,24+,26+/m0/s1. The Kier molecular flexibility index (Phi) is 5.86. The second kappa shape index (κ2) is 8.87. The van der Waals surface area contributed by atoms with Gasteiger partial charge in [0.05, 0.1) is 13.0 Å². The summed E-state index contributed by atoms with van der Waals surface area (Å²) >= 11 is 5.94. The Hall–Kier alpha value is -3.62. The van der Waals surface area contributed by atoms with Gasteiger partial charge in [0.15, 0.2) is 17.0 Å². The fraction of sp³-hybridized carbons (Fsp3) is 0.269. The molecule has 1 fully saturated rings. The van der Waals surface area contributed by atoms with Crippen LogP contribution in [0.3, 0.4) is 0 Å². The molecule has 2 N–H and O–H groups in total. The SMILES string of the molecule is COc1cc([C@@H]2[C@H](C)N[C@@]3(C(=O)Nc4ccccc43)[C@@H]2[N+](=O)[O-])ccc1OCc1ccc(Cl)cc1. The summed E-state index contributed by atoms with van der Waals surface area (Å²) in [5.41, 5.74) is 1.36. The van der Waals surface area contributed by atoms with Crippen molar-refractivity contribution in [3.05, 3.63) is 98.6 Å². The number of nitrogens with one attached hydrogen (secondary N) is 2. The molecule has 0 radical (unpaired) electrons. The molecule has 2 heterocycles. The summed E-state index contributed by atoms with van der Waals surface area (Å²) in [4.78, 5) is 25.3. The number of nitrogens with zero attached hydrogens (tertiary/aromatic N) is 1. The van der Waals surface area contributed by atoms with Gasteiger partial charge in [0.2, 0.25) is 0 Å². The van der Waals surface area contributed by atoms with Crippen molar-refractivity contribution in [3.63, 3.8) is 0 Å². The fourth-order valence-corrected chi connectivity index (χ4v) is 5.43. The zero-order valence-corrected chi connectivity index (χ0v) is 19.9. The van der Waals surface area contributed by atoms with Crippen molar-refractivity contribution in [1.82, 2.24) is 5.32 Å². The average molecular weight is 494 g/mol. The highest BCUT2D eigenvalue weighted by atomic mass is 35.5. The normalized spacial score (nSPS) is 24.8. The number of methoxy groups -OCH3 is 1. The molecule has 1 saturated heterocycles. The highest BCUT2D eigenvalue weighted by Gasteiger charge is 2.67. The van der Waals surface area contributed by atoms with Gasteiger partial charge in [-0.3, -0.25) is 20.2 Å². The first kappa shape index (κ1) is 23.1. The number of rotatable bonds is 6. The van der Waals surface area contributed by atoms with Crippen LogP contribution in [0.25, 0.3) is 0 Å². The van der Waals surface area contributed by atoms with Crippen LogP contribution in [0.15, 0.2) is 66.7 Å². The number of hydrogen-bond acceptors (Lipinski definition) is 6. The summed E-state index contributed by atoms with van der Waals surface area (Å²) in [5, 5.41) is 19.2.